The van der Waals surface area contributed by atoms with Crippen LogP contribution in [0.2, 0.25) is 0 Å². The van der Waals surface area contributed by atoms with Crippen molar-refractivity contribution in [2.45, 2.75) is 69.6 Å². The topological polar surface area (TPSA) is 149 Å². The summed E-state index contributed by atoms with van der Waals surface area (Å²) in [5.74, 6) is 0.841. The summed E-state index contributed by atoms with van der Waals surface area (Å²) >= 11 is 0. The highest BCUT2D eigenvalue weighted by Crippen LogP contribution is 2.62. The SMILES string of the molecule is CC(CO)[C@H]1C2COC1[C@@H](O)[C@@]1(C)C(C2)C[C@H]1COC1OC(CO)C(O)C(O)C1O. The molecule has 174 valence electrons. The van der Waals surface area contributed by atoms with E-state index in [9.17, 15) is 30.6 Å². The number of fused-ring (bicyclic) bond motifs is 3. The lowest BCUT2D eigenvalue weighted by molar-refractivity contribution is -0.311. The van der Waals surface area contributed by atoms with E-state index in [4.69, 9.17) is 14.2 Å². The molecule has 4 fully saturated rings. The number of ether oxygens (including phenoxy) is 3. The summed E-state index contributed by atoms with van der Waals surface area (Å²) in [6.07, 6.45) is -5.69. The zero-order valence-electron chi connectivity index (χ0n) is 17.6. The van der Waals surface area contributed by atoms with Gasteiger partial charge in [-0.15, -0.1) is 0 Å². The Morgan fingerprint density at radius 2 is 1.80 bits per heavy atom. The van der Waals surface area contributed by atoms with Gasteiger partial charge in [0.2, 0.25) is 0 Å². The van der Waals surface area contributed by atoms with Crippen molar-refractivity contribution in [3.8, 4) is 0 Å². The lowest BCUT2D eigenvalue weighted by Crippen LogP contribution is -2.61. The molecule has 9 heteroatoms. The van der Waals surface area contributed by atoms with Crippen LogP contribution in [0.5, 0.6) is 0 Å². The Hall–Kier alpha value is -0.360. The van der Waals surface area contributed by atoms with Gasteiger partial charge in [-0.25, -0.2) is 0 Å². The van der Waals surface area contributed by atoms with E-state index in [1.54, 1.807) is 0 Å². The summed E-state index contributed by atoms with van der Waals surface area (Å²) in [5, 5.41) is 60.4. The Balaban J connectivity index is 1.43. The van der Waals surface area contributed by atoms with Crippen LogP contribution in [-0.4, -0.2) is 100.0 Å². The molecule has 0 radical (unpaired) electrons. The molecule has 0 amide bonds. The van der Waals surface area contributed by atoms with Gasteiger partial charge < -0.3 is 44.8 Å². The van der Waals surface area contributed by atoms with E-state index in [1.165, 1.54) is 0 Å². The van der Waals surface area contributed by atoms with Crippen LogP contribution in [0.15, 0.2) is 0 Å². The Labute approximate surface area is 176 Å². The van der Waals surface area contributed by atoms with Gasteiger partial charge in [0, 0.05) is 12.0 Å². The summed E-state index contributed by atoms with van der Waals surface area (Å²) in [5.41, 5.74) is -0.415. The van der Waals surface area contributed by atoms with E-state index in [0.717, 1.165) is 12.8 Å². The van der Waals surface area contributed by atoms with Gasteiger partial charge in [-0.05, 0) is 42.4 Å². The summed E-state index contributed by atoms with van der Waals surface area (Å²) in [6, 6.07) is 0. The van der Waals surface area contributed by atoms with Gasteiger partial charge in [0.25, 0.3) is 0 Å². The minimum absolute atomic E-state index is 0.0119. The normalized spacial score (nSPS) is 54.2. The zero-order valence-corrected chi connectivity index (χ0v) is 17.6. The first kappa shape index (κ1) is 22.8. The van der Waals surface area contributed by atoms with Gasteiger partial charge in [0.05, 0.1) is 32.0 Å². The summed E-state index contributed by atoms with van der Waals surface area (Å²) < 4.78 is 17.2. The molecule has 0 aromatic rings. The van der Waals surface area contributed by atoms with E-state index in [1.807, 2.05) is 6.92 Å². The molecular formula is C21H36O9. The maximum absolute atomic E-state index is 11.3. The first-order valence-corrected chi connectivity index (χ1v) is 11.1. The van der Waals surface area contributed by atoms with Crippen LogP contribution < -0.4 is 0 Å². The van der Waals surface area contributed by atoms with Crippen molar-refractivity contribution in [1.82, 2.24) is 0 Å². The lowest BCUT2D eigenvalue weighted by atomic mass is 9.50. The molecule has 2 bridgehead atoms. The predicted octanol–water partition coefficient (Wildman–Crippen LogP) is -1.53. The molecule has 30 heavy (non-hydrogen) atoms. The summed E-state index contributed by atoms with van der Waals surface area (Å²) in [4.78, 5) is 0. The standard InChI is InChI=1S/C21H36O9/c1-9(5-22)14-10-3-11-4-12(21(11,2)19(27)18(14)28-7-10)8-29-20-17(26)16(25)15(24)13(6-23)30-20/h9-20,22-27H,3-8H2,1-2H3/t9?,10?,11?,12-,13?,14-,15?,16?,17?,18?,19+,20?,21-/m0/s1. The van der Waals surface area contributed by atoms with Crippen LogP contribution >= 0.6 is 0 Å². The molecule has 0 aromatic carbocycles. The maximum Gasteiger partial charge on any atom is 0.186 e. The van der Waals surface area contributed by atoms with Crippen molar-refractivity contribution < 1.29 is 44.8 Å². The molecule has 2 saturated carbocycles. The molecule has 2 aliphatic heterocycles. The highest BCUT2D eigenvalue weighted by atomic mass is 16.7. The minimum Gasteiger partial charge on any atom is -0.396 e. The second kappa shape index (κ2) is 8.53. The highest BCUT2D eigenvalue weighted by Gasteiger charge is 2.63. The fourth-order valence-electron chi connectivity index (χ4n) is 6.40. The Kier molecular flexibility index (Phi) is 6.49. The number of hydrogen-bond donors (Lipinski definition) is 6. The van der Waals surface area contributed by atoms with Crippen LogP contribution in [0.4, 0.5) is 0 Å². The number of aliphatic hydroxyl groups excluding tert-OH is 6. The van der Waals surface area contributed by atoms with Crippen molar-refractivity contribution >= 4 is 0 Å². The van der Waals surface area contributed by atoms with Crippen LogP contribution in [0.1, 0.15) is 26.7 Å². The van der Waals surface area contributed by atoms with E-state index in [0.29, 0.717) is 18.4 Å². The molecule has 0 spiro atoms. The van der Waals surface area contributed by atoms with Gasteiger partial charge in [-0.1, -0.05) is 13.8 Å². The molecule has 0 aromatic heterocycles. The smallest absolute Gasteiger partial charge is 0.186 e. The number of rotatable bonds is 6. The monoisotopic (exact) mass is 432 g/mol. The van der Waals surface area contributed by atoms with Crippen molar-refractivity contribution in [1.29, 1.82) is 0 Å². The van der Waals surface area contributed by atoms with Crippen molar-refractivity contribution in [2.24, 2.45) is 35.0 Å². The maximum atomic E-state index is 11.3. The summed E-state index contributed by atoms with van der Waals surface area (Å²) in [7, 11) is 0. The first-order valence-electron chi connectivity index (χ1n) is 11.1. The van der Waals surface area contributed by atoms with Crippen LogP contribution in [0.25, 0.3) is 0 Å². The Bertz CT molecular complexity index is 603. The molecule has 2 aliphatic carbocycles. The average Bonchev–Trinajstić information content (AvgIpc) is 3.14. The zero-order chi connectivity index (χ0) is 21.8. The molecule has 2 heterocycles. The Morgan fingerprint density at radius 3 is 2.47 bits per heavy atom. The second-order valence-corrected chi connectivity index (χ2v) is 10.0. The second-order valence-electron chi connectivity index (χ2n) is 10.0. The molecule has 13 atom stereocenters. The quantitative estimate of drug-likeness (QED) is 0.294. The molecule has 2 saturated heterocycles. The van der Waals surface area contributed by atoms with Crippen LogP contribution in [0.3, 0.4) is 0 Å². The van der Waals surface area contributed by atoms with Crippen molar-refractivity contribution in [3.05, 3.63) is 0 Å². The fraction of sp³-hybridized carbons (Fsp3) is 1.00. The molecule has 4 aliphatic rings. The first-order chi connectivity index (χ1) is 14.2. The molecule has 6 N–H and O–H groups in total. The molecule has 4 rings (SSSR count). The number of hydrogen-bond acceptors (Lipinski definition) is 9. The van der Waals surface area contributed by atoms with Crippen LogP contribution in [0, 0.1) is 35.0 Å². The summed E-state index contributed by atoms with van der Waals surface area (Å²) in [6.45, 7) is 4.45. The predicted molar refractivity (Wildman–Crippen MR) is 103 cm³/mol. The minimum atomic E-state index is -1.47. The van der Waals surface area contributed by atoms with Crippen molar-refractivity contribution in [3.63, 3.8) is 0 Å². The van der Waals surface area contributed by atoms with Gasteiger partial charge in [-0.2, -0.15) is 0 Å². The highest BCUT2D eigenvalue weighted by molar-refractivity contribution is 5.11. The third-order valence-corrected chi connectivity index (χ3v) is 8.55. The van der Waals surface area contributed by atoms with Gasteiger partial charge >= 0.3 is 0 Å². The molecular weight excluding hydrogens is 396 g/mol. The van der Waals surface area contributed by atoms with Crippen molar-refractivity contribution in [2.75, 3.05) is 26.4 Å². The van der Waals surface area contributed by atoms with E-state index < -0.39 is 48.8 Å². The average molecular weight is 433 g/mol. The lowest BCUT2D eigenvalue weighted by Gasteiger charge is -2.57. The van der Waals surface area contributed by atoms with E-state index in [-0.39, 0.29) is 37.1 Å². The van der Waals surface area contributed by atoms with E-state index in [2.05, 4.69) is 6.92 Å². The molecule has 9 unspecified atom stereocenters. The largest absolute Gasteiger partial charge is 0.396 e. The third-order valence-electron chi connectivity index (χ3n) is 8.55. The van der Waals surface area contributed by atoms with Gasteiger partial charge in [0.15, 0.2) is 6.29 Å². The van der Waals surface area contributed by atoms with Crippen LogP contribution in [-0.2, 0) is 14.2 Å². The van der Waals surface area contributed by atoms with E-state index >= 15 is 0 Å². The number of aliphatic hydroxyl groups is 6. The third kappa shape index (κ3) is 3.43. The van der Waals surface area contributed by atoms with Gasteiger partial charge in [0.1, 0.15) is 24.4 Å². The van der Waals surface area contributed by atoms with Gasteiger partial charge in [-0.3, -0.25) is 0 Å². The Morgan fingerprint density at radius 1 is 1.07 bits per heavy atom. The fourth-order valence-corrected chi connectivity index (χ4v) is 6.40. The molecule has 9 nitrogen and oxygen atoms in total.